The van der Waals surface area contributed by atoms with E-state index < -0.39 is 12.7 Å². The highest BCUT2D eigenvalue weighted by Gasteiger charge is 2.32. The van der Waals surface area contributed by atoms with Gasteiger partial charge in [-0.05, 0) is 44.7 Å². The van der Waals surface area contributed by atoms with E-state index in [2.05, 4.69) is 10.3 Å². The molecule has 0 aliphatic carbocycles. The third-order valence-corrected chi connectivity index (χ3v) is 3.47. The summed E-state index contributed by atoms with van der Waals surface area (Å²) in [5.74, 6) is 0.937. The van der Waals surface area contributed by atoms with Crippen LogP contribution in [0.1, 0.15) is 32.6 Å². The summed E-state index contributed by atoms with van der Waals surface area (Å²) in [5, 5.41) is 3.05. The van der Waals surface area contributed by atoms with Crippen LogP contribution in [0.5, 0.6) is 0 Å². The van der Waals surface area contributed by atoms with Crippen LogP contribution in [0.25, 0.3) is 0 Å². The van der Waals surface area contributed by atoms with Crippen molar-refractivity contribution < 1.29 is 13.2 Å². The molecule has 118 valence electrons. The summed E-state index contributed by atoms with van der Waals surface area (Å²) < 4.78 is 36.8. The van der Waals surface area contributed by atoms with E-state index in [0.717, 1.165) is 32.2 Å². The van der Waals surface area contributed by atoms with Gasteiger partial charge in [0.25, 0.3) is 0 Å². The molecule has 1 fully saturated rings. The first-order valence-electron chi connectivity index (χ1n) is 7.23. The van der Waals surface area contributed by atoms with Gasteiger partial charge in [-0.3, -0.25) is 9.89 Å². The average Bonchev–Trinajstić information content (AvgIpc) is 2.37. The second-order valence-electron chi connectivity index (χ2n) is 5.32. The first kappa shape index (κ1) is 17.1. The molecule has 1 heterocycles. The molecule has 0 spiro atoms. The summed E-state index contributed by atoms with van der Waals surface area (Å²) in [7, 11) is 0. The van der Waals surface area contributed by atoms with Crippen LogP contribution < -0.4 is 11.1 Å². The van der Waals surface area contributed by atoms with Crippen LogP contribution >= 0.6 is 0 Å². The Hall–Kier alpha value is -0.980. The number of aliphatic imine (C=N–C) groups is 1. The summed E-state index contributed by atoms with van der Waals surface area (Å²) in [5.41, 5.74) is 5.67. The zero-order valence-electron chi connectivity index (χ0n) is 12.0. The quantitative estimate of drug-likeness (QED) is 0.582. The molecule has 0 bridgehead atoms. The van der Waals surface area contributed by atoms with Crippen molar-refractivity contribution in [3.8, 4) is 0 Å². The number of halogens is 3. The highest BCUT2D eigenvalue weighted by atomic mass is 19.4. The van der Waals surface area contributed by atoms with E-state index in [1.54, 1.807) is 0 Å². The van der Waals surface area contributed by atoms with Crippen molar-refractivity contribution >= 4 is 5.96 Å². The predicted octanol–water partition coefficient (Wildman–Crippen LogP) is 1.97. The van der Waals surface area contributed by atoms with Gasteiger partial charge in [0.1, 0.15) is 0 Å². The van der Waals surface area contributed by atoms with Crippen LogP contribution in [-0.4, -0.2) is 49.8 Å². The fraction of sp³-hybridized carbons (Fsp3) is 0.923. The van der Waals surface area contributed by atoms with Crippen LogP contribution in [0, 0.1) is 5.92 Å². The molecule has 0 unspecified atom stereocenters. The number of alkyl halides is 3. The van der Waals surface area contributed by atoms with E-state index >= 15 is 0 Å². The molecule has 1 saturated heterocycles. The second-order valence-corrected chi connectivity index (χ2v) is 5.32. The van der Waals surface area contributed by atoms with E-state index in [1.807, 2.05) is 6.92 Å². The third-order valence-electron chi connectivity index (χ3n) is 3.47. The van der Waals surface area contributed by atoms with Crippen molar-refractivity contribution in [2.24, 2.45) is 16.6 Å². The van der Waals surface area contributed by atoms with E-state index in [-0.39, 0.29) is 0 Å². The Bertz CT molecular complexity index is 296. The lowest BCUT2D eigenvalue weighted by atomic mass is 9.93. The molecule has 4 nitrogen and oxygen atoms in total. The number of nitrogens with two attached hydrogens (primary N) is 1. The van der Waals surface area contributed by atoms with Crippen LogP contribution in [0.15, 0.2) is 4.99 Å². The Morgan fingerprint density at radius 3 is 2.55 bits per heavy atom. The van der Waals surface area contributed by atoms with Crippen molar-refractivity contribution in [3.05, 3.63) is 0 Å². The Labute approximate surface area is 118 Å². The number of nitrogens with zero attached hydrogens (tertiary/aromatic N) is 2. The molecule has 0 radical (unpaired) electrons. The van der Waals surface area contributed by atoms with Gasteiger partial charge in [0.05, 0.1) is 6.54 Å². The van der Waals surface area contributed by atoms with Crippen LogP contribution in [0.2, 0.25) is 0 Å². The molecule has 0 atom stereocenters. The number of hydrogen-bond acceptors (Lipinski definition) is 2. The van der Waals surface area contributed by atoms with Crippen molar-refractivity contribution in [3.63, 3.8) is 0 Å². The maximum Gasteiger partial charge on any atom is 0.401 e. The van der Waals surface area contributed by atoms with Gasteiger partial charge in [0.2, 0.25) is 0 Å². The minimum absolute atomic E-state index is 0.460. The summed E-state index contributed by atoms with van der Waals surface area (Å²) >= 11 is 0. The minimum Gasteiger partial charge on any atom is -0.370 e. The zero-order valence-corrected chi connectivity index (χ0v) is 12.0. The third kappa shape index (κ3) is 7.57. The first-order valence-corrected chi connectivity index (χ1v) is 7.23. The summed E-state index contributed by atoms with van der Waals surface area (Å²) in [4.78, 5) is 5.61. The molecule has 0 amide bonds. The molecular formula is C13H25F3N4. The lowest BCUT2D eigenvalue weighted by Gasteiger charge is -2.32. The minimum atomic E-state index is -4.08. The summed E-state index contributed by atoms with van der Waals surface area (Å²) in [6, 6.07) is 0. The first-order chi connectivity index (χ1) is 9.40. The second kappa shape index (κ2) is 8.34. The van der Waals surface area contributed by atoms with Gasteiger partial charge in [0.15, 0.2) is 5.96 Å². The molecule has 0 aromatic carbocycles. The number of nitrogens with one attached hydrogen (secondary N) is 1. The predicted molar refractivity (Wildman–Crippen MR) is 74.6 cm³/mol. The van der Waals surface area contributed by atoms with Crippen LogP contribution in [-0.2, 0) is 0 Å². The van der Waals surface area contributed by atoms with E-state index in [1.165, 1.54) is 4.90 Å². The van der Waals surface area contributed by atoms with Crippen molar-refractivity contribution in [1.82, 2.24) is 10.2 Å². The molecule has 7 heteroatoms. The SMILES string of the molecule is CCCN=C(N)NCCC1CCN(CC(F)(F)F)CC1. The van der Waals surface area contributed by atoms with E-state index in [9.17, 15) is 13.2 Å². The Morgan fingerprint density at radius 2 is 2.00 bits per heavy atom. The zero-order chi connectivity index (χ0) is 15.0. The number of guanidine groups is 1. The van der Waals surface area contributed by atoms with Gasteiger partial charge in [0, 0.05) is 13.1 Å². The topological polar surface area (TPSA) is 53.6 Å². The smallest absolute Gasteiger partial charge is 0.370 e. The molecule has 0 saturated carbocycles. The van der Waals surface area contributed by atoms with Gasteiger partial charge in [-0.2, -0.15) is 13.2 Å². The number of piperidine rings is 1. The molecule has 1 aliphatic heterocycles. The largest absolute Gasteiger partial charge is 0.401 e. The van der Waals surface area contributed by atoms with Gasteiger partial charge in [-0.1, -0.05) is 6.92 Å². The lowest BCUT2D eigenvalue weighted by Crippen LogP contribution is -2.41. The molecule has 1 rings (SSSR count). The number of likely N-dealkylation sites (tertiary alicyclic amines) is 1. The molecule has 3 N–H and O–H groups in total. The monoisotopic (exact) mass is 294 g/mol. The van der Waals surface area contributed by atoms with E-state index in [0.29, 0.717) is 31.5 Å². The highest BCUT2D eigenvalue weighted by molar-refractivity contribution is 5.77. The maximum atomic E-state index is 12.3. The molecule has 0 aromatic heterocycles. The van der Waals surface area contributed by atoms with Gasteiger partial charge >= 0.3 is 6.18 Å². The summed E-state index contributed by atoms with van der Waals surface area (Å²) in [6.07, 6.45) is -0.547. The Kier molecular flexibility index (Phi) is 7.12. The highest BCUT2D eigenvalue weighted by Crippen LogP contribution is 2.23. The Balaban J connectivity index is 2.14. The number of rotatable bonds is 6. The summed E-state index contributed by atoms with van der Waals surface area (Å²) in [6.45, 7) is 3.77. The normalized spacial score (nSPS) is 19.3. The fourth-order valence-electron chi connectivity index (χ4n) is 2.38. The van der Waals surface area contributed by atoms with Gasteiger partial charge in [-0.25, -0.2) is 0 Å². The van der Waals surface area contributed by atoms with Crippen molar-refractivity contribution in [2.45, 2.75) is 38.8 Å². The fourth-order valence-corrected chi connectivity index (χ4v) is 2.38. The Morgan fingerprint density at radius 1 is 1.35 bits per heavy atom. The molecule has 1 aliphatic rings. The molecule has 20 heavy (non-hydrogen) atoms. The van der Waals surface area contributed by atoms with Crippen molar-refractivity contribution in [1.29, 1.82) is 0 Å². The number of hydrogen-bond donors (Lipinski definition) is 2. The van der Waals surface area contributed by atoms with E-state index in [4.69, 9.17) is 5.73 Å². The molecule has 0 aromatic rings. The van der Waals surface area contributed by atoms with Gasteiger partial charge in [-0.15, -0.1) is 0 Å². The van der Waals surface area contributed by atoms with Crippen LogP contribution in [0.4, 0.5) is 13.2 Å². The maximum absolute atomic E-state index is 12.3. The molecular weight excluding hydrogens is 269 g/mol. The lowest BCUT2D eigenvalue weighted by molar-refractivity contribution is -0.148. The average molecular weight is 294 g/mol. The van der Waals surface area contributed by atoms with Crippen LogP contribution in [0.3, 0.4) is 0 Å². The van der Waals surface area contributed by atoms with Crippen molar-refractivity contribution in [2.75, 3.05) is 32.7 Å². The van der Waals surface area contributed by atoms with Gasteiger partial charge < -0.3 is 11.1 Å². The standard InChI is InChI=1S/C13H25F3N4/c1-2-6-18-12(17)19-7-3-11-4-8-20(9-5-11)10-13(14,15)16/h11H,2-10H2,1H3,(H3,17,18,19).